The fraction of sp³-hybridized carbons (Fsp3) is 0.500. The molecule has 1 fully saturated rings. The summed E-state index contributed by atoms with van der Waals surface area (Å²) in [6.07, 6.45) is 4.30. The SMILES string of the molecule is Cn1c(=O)ccc2cnc(NC3CCN(S(C)(=O)=O)CC3)nc21. The molecular formula is C14H19N5O3S. The maximum atomic E-state index is 11.7. The lowest BCUT2D eigenvalue weighted by Gasteiger charge is -2.30. The molecule has 1 saturated heterocycles. The molecule has 2 aromatic rings. The Morgan fingerprint density at radius 1 is 1.26 bits per heavy atom. The third kappa shape index (κ3) is 3.35. The molecule has 0 aromatic carbocycles. The summed E-state index contributed by atoms with van der Waals surface area (Å²) in [5, 5.41) is 4.03. The van der Waals surface area contributed by atoms with Crippen molar-refractivity contribution in [3.05, 3.63) is 28.7 Å². The van der Waals surface area contributed by atoms with Crippen molar-refractivity contribution in [1.82, 2.24) is 18.8 Å². The van der Waals surface area contributed by atoms with Crippen molar-refractivity contribution < 1.29 is 8.42 Å². The van der Waals surface area contributed by atoms with E-state index in [-0.39, 0.29) is 11.6 Å². The van der Waals surface area contributed by atoms with Gasteiger partial charge in [0.25, 0.3) is 5.56 Å². The number of hydrogen-bond donors (Lipinski definition) is 1. The first-order chi connectivity index (χ1) is 10.8. The first kappa shape index (κ1) is 15.9. The van der Waals surface area contributed by atoms with Crippen LogP contribution in [0.5, 0.6) is 0 Å². The summed E-state index contributed by atoms with van der Waals surface area (Å²) < 4.78 is 26.0. The number of hydrogen-bond acceptors (Lipinski definition) is 6. The molecule has 3 heterocycles. The normalized spacial score (nSPS) is 17.5. The summed E-state index contributed by atoms with van der Waals surface area (Å²) in [5.41, 5.74) is 0.451. The number of sulfonamides is 1. The number of pyridine rings is 1. The Balaban J connectivity index is 1.75. The van der Waals surface area contributed by atoms with Crippen LogP contribution in [0.3, 0.4) is 0 Å². The fourth-order valence-electron chi connectivity index (χ4n) is 2.73. The highest BCUT2D eigenvalue weighted by Gasteiger charge is 2.25. The van der Waals surface area contributed by atoms with Crippen molar-refractivity contribution in [2.45, 2.75) is 18.9 Å². The minimum Gasteiger partial charge on any atom is -0.351 e. The highest BCUT2D eigenvalue weighted by molar-refractivity contribution is 7.88. The van der Waals surface area contributed by atoms with Crippen molar-refractivity contribution in [2.24, 2.45) is 7.05 Å². The second-order valence-electron chi connectivity index (χ2n) is 5.78. The molecule has 23 heavy (non-hydrogen) atoms. The van der Waals surface area contributed by atoms with Crippen molar-refractivity contribution in [2.75, 3.05) is 24.7 Å². The second kappa shape index (κ2) is 5.89. The van der Waals surface area contributed by atoms with Crippen LogP contribution in [-0.2, 0) is 17.1 Å². The summed E-state index contributed by atoms with van der Waals surface area (Å²) in [6.45, 7) is 0.977. The molecule has 3 rings (SSSR count). The first-order valence-electron chi connectivity index (χ1n) is 7.39. The van der Waals surface area contributed by atoms with E-state index in [0.717, 1.165) is 5.39 Å². The average Bonchev–Trinajstić information content (AvgIpc) is 2.51. The molecule has 1 aliphatic heterocycles. The fourth-order valence-corrected chi connectivity index (χ4v) is 3.60. The predicted octanol–water partition coefficient (Wildman–Crippen LogP) is 0.164. The van der Waals surface area contributed by atoms with E-state index >= 15 is 0 Å². The molecule has 8 nitrogen and oxygen atoms in total. The Morgan fingerprint density at radius 3 is 2.61 bits per heavy atom. The maximum Gasteiger partial charge on any atom is 0.251 e. The van der Waals surface area contributed by atoms with Gasteiger partial charge in [0.15, 0.2) is 0 Å². The number of aryl methyl sites for hydroxylation is 1. The zero-order chi connectivity index (χ0) is 16.6. The van der Waals surface area contributed by atoms with Crippen LogP contribution in [0.1, 0.15) is 12.8 Å². The van der Waals surface area contributed by atoms with E-state index in [2.05, 4.69) is 15.3 Å². The van der Waals surface area contributed by atoms with Crippen LogP contribution in [0, 0.1) is 0 Å². The van der Waals surface area contributed by atoms with E-state index in [0.29, 0.717) is 37.5 Å². The Hall–Kier alpha value is -2.00. The molecule has 124 valence electrons. The summed E-state index contributed by atoms with van der Waals surface area (Å²) in [5.74, 6) is 0.455. The van der Waals surface area contributed by atoms with E-state index in [1.165, 1.54) is 21.2 Å². The molecule has 0 saturated carbocycles. The maximum absolute atomic E-state index is 11.7. The number of piperidine rings is 1. The van der Waals surface area contributed by atoms with Crippen molar-refractivity contribution in [3.8, 4) is 0 Å². The zero-order valence-corrected chi connectivity index (χ0v) is 13.9. The molecule has 0 spiro atoms. The van der Waals surface area contributed by atoms with Crippen molar-refractivity contribution >= 4 is 27.0 Å². The van der Waals surface area contributed by atoms with Gasteiger partial charge in [0.1, 0.15) is 5.65 Å². The molecule has 1 aliphatic rings. The third-order valence-corrected chi connectivity index (χ3v) is 5.41. The van der Waals surface area contributed by atoms with Gasteiger partial charge in [-0.2, -0.15) is 4.98 Å². The Bertz CT molecular complexity index is 885. The first-order valence-corrected chi connectivity index (χ1v) is 9.24. The molecule has 0 radical (unpaired) electrons. The van der Waals surface area contributed by atoms with E-state index < -0.39 is 10.0 Å². The predicted molar refractivity (Wildman–Crippen MR) is 87.8 cm³/mol. The quantitative estimate of drug-likeness (QED) is 0.857. The smallest absolute Gasteiger partial charge is 0.251 e. The highest BCUT2D eigenvalue weighted by atomic mass is 32.2. The molecule has 0 atom stereocenters. The van der Waals surface area contributed by atoms with E-state index in [4.69, 9.17) is 0 Å². The van der Waals surface area contributed by atoms with Crippen LogP contribution < -0.4 is 10.9 Å². The Labute approximate surface area is 134 Å². The van der Waals surface area contributed by atoms with Gasteiger partial charge in [0.05, 0.1) is 6.26 Å². The minimum atomic E-state index is -3.13. The molecular weight excluding hydrogens is 318 g/mol. The Kier molecular flexibility index (Phi) is 4.07. The molecule has 0 unspecified atom stereocenters. The van der Waals surface area contributed by atoms with E-state index in [9.17, 15) is 13.2 Å². The second-order valence-corrected chi connectivity index (χ2v) is 7.77. The summed E-state index contributed by atoms with van der Waals surface area (Å²) in [4.78, 5) is 20.4. The van der Waals surface area contributed by atoms with Gasteiger partial charge >= 0.3 is 0 Å². The van der Waals surface area contributed by atoms with Gasteiger partial charge in [-0.25, -0.2) is 17.7 Å². The largest absolute Gasteiger partial charge is 0.351 e. The molecule has 9 heteroatoms. The van der Waals surface area contributed by atoms with Gasteiger partial charge in [-0.15, -0.1) is 0 Å². The van der Waals surface area contributed by atoms with Gasteiger partial charge in [0, 0.05) is 43.8 Å². The van der Waals surface area contributed by atoms with Crippen LogP contribution in [0.2, 0.25) is 0 Å². The number of nitrogens with one attached hydrogen (secondary N) is 1. The molecule has 2 aromatic heterocycles. The van der Waals surface area contributed by atoms with Crippen LogP contribution in [0.15, 0.2) is 23.1 Å². The zero-order valence-electron chi connectivity index (χ0n) is 13.1. The number of nitrogens with zero attached hydrogens (tertiary/aromatic N) is 4. The van der Waals surface area contributed by atoms with E-state index in [1.54, 1.807) is 19.3 Å². The summed E-state index contributed by atoms with van der Waals surface area (Å²) in [6, 6.07) is 3.30. The topological polar surface area (TPSA) is 97.2 Å². The molecule has 0 bridgehead atoms. The van der Waals surface area contributed by atoms with Gasteiger partial charge < -0.3 is 5.32 Å². The number of anilines is 1. The molecule has 0 amide bonds. The number of fused-ring (bicyclic) bond motifs is 1. The lowest BCUT2D eigenvalue weighted by atomic mass is 10.1. The van der Waals surface area contributed by atoms with Crippen LogP contribution >= 0.6 is 0 Å². The monoisotopic (exact) mass is 337 g/mol. The highest BCUT2D eigenvalue weighted by Crippen LogP contribution is 2.17. The molecule has 1 N–H and O–H groups in total. The minimum absolute atomic E-state index is 0.117. The average molecular weight is 337 g/mol. The van der Waals surface area contributed by atoms with Crippen LogP contribution in [-0.4, -0.2) is 52.6 Å². The summed E-state index contributed by atoms with van der Waals surface area (Å²) >= 11 is 0. The van der Waals surface area contributed by atoms with Gasteiger partial charge in [-0.1, -0.05) is 0 Å². The van der Waals surface area contributed by atoms with Gasteiger partial charge in [0.2, 0.25) is 16.0 Å². The standard InChI is InChI=1S/C14H19N5O3S/c1-18-12(20)4-3-10-9-15-14(17-13(10)18)16-11-5-7-19(8-6-11)23(2,21)22/h3-4,9,11H,5-8H2,1-2H3,(H,15,16,17). The van der Waals surface area contributed by atoms with E-state index in [1.807, 2.05) is 0 Å². The third-order valence-electron chi connectivity index (χ3n) is 4.11. The number of aromatic nitrogens is 3. The van der Waals surface area contributed by atoms with Gasteiger partial charge in [-0.3, -0.25) is 9.36 Å². The molecule has 0 aliphatic carbocycles. The van der Waals surface area contributed by atoms with Crippen LogP contribution in [0.4, 0.5) is 5.95 Å². The Morgan fingerprint density at radius 2 is 1.96 bits per heavy atom. The lowest BCUT2D eigenvalue weighted by molar-refractivity contribution is 0.331. The van der Waals surface area contributed by atoms with Crippen LogP contribution in [0.25, 0.3) is 11.0 Å². The summed E-state index contributed by atoms with van der Waals surface area (Å²) in [7, 11) is -1.45. The lowest BCUT2D eigenvalue weighted by Crippen LogP contribution is -2.42. The van der Waals surface area contributed by atoms with Gasteiger partial charge in [-0.05, 0) is 18.9 Å². The van der Waals surface area contributed by atoms with Crippen molar-refractivity contribution in [3.63, 3.8) is 0 Å². The number of rotatable bonds is 3. The van der Waals surface area contributed by atoms with Crippen molar-refractivity contribution in [1.29, 1.82) is 0 Å².